The van der Waals surface area contributed by atoms with E-state index in [9.17, 15) is 4.79 Å². The number of carbonyl (C=O) groups is 1. The molecule has 0 atom stereocenters. The Morgan fingerprint density at radius 2 is 2.20 bits per heavy atom. The second-order valence-electron chi connectivity index (χ2n) is 5.88. The second-order valence-corrected chi connectivity index (χ2v) is 5.88. The summed E-state index contributed by atoms with van der Waals surface area (Å²) in [4.78, 5) is 16.5. The molecule has 1 aliphatic carbocycles. The average molecular weight is 339 g/mol. The SMILES string of the molecule is Cc1nc(-c2ccccc2NC(=O)NCc2nncn2C2CC2)no1. The summed E-state index contributed by atoms with van der Waals surface area (Å²) in [5.74, 6) is 1.65. The lowest BCUT2D eigenvalue weighted by molar-refractivity contribution is 0.251. The Bertz CT molecular complexity index is 897. The van der Waals surface area contributed by atoms with Gasteiger partial charge in [0.1, 0.15) is 6.33 Å². The maximum atomic E-state index is 12.2. The molecule has 4 rings (SSSR count). The smallest absolute Gasteiger partial charge is 0.319 e. The Morgan fingerprint density at radius 1 is 1.36 bits per heavy atom. The van der Waals surface area contributed by atoms with Gasteiger partial charge in [-0.1, -0.05) is 17.3 Å². The van der Waals surface area contributed by atoms with Crippen LogP contribution in [0.15, 0.2) is 35.1 Å². The van der Waals surface area contributed by atoms with Crippen LogP contribution in [0.2, 0.25) is 0 Å². The third-order valence-electron chi connectivity index (χ3n) is 3.94. The summed E-state index contributed by atoms with van der Waals surface area (Å²) in [7, 11) is 0. The molecule has 2 heterocycles. The van der Waals surface area contributed by atoms with Gasteiger partial charge in [0.05, 0.1) is 12.2 Å². The largest absolute Gasteiger partial charge is 0.339 e. The van der Waals surface area contributed by atoms with Crippen LogP contribution < -0.4 is 10.6 Å². The topological polar surface area (TPSA) is 111 Å². The van der Waals surface area contributed by atoms with Crippen LogP contribution >= 0.6 is 0 Å². The van der Waals surface area contributed by atoms with Gasteiger partial charge in [0, 0.05) is 18.5 Å². The normalized spacial score (nSPS) is 13.6. The average Bonchev–Trinajstić information content (AvgIpc) is 3.19. The van der Waals surface area contributed by atoms with E-state index in [1.165, 1.54) is 0 Å². The third-order valence-corrected chi connectivity index (χ3v) is 3.94. The van der Waals surface area contributed by atoms with E-state index in [0.717, 1.165) is 18.7 Å². The molecule has 2 aromatic heterocycles. The summed E-state index contributed by atoms with van der Waals surface area (Å²) in [5, 5.41) is 17.5. The number of aryl methyl sites for hydroxylation is 1. The Morgan fingerprint density at radius 3 is 2.96 bits per heavy atom. The number of rotatable bonds is 5. The van der Waals surface area contributed by atoms with Crippen molar-refractivity contribution in [2.75, 3.05) is 5.32 Å². The number of urea groups is 1. The first-order valence-electron chi connectivity index (χ1n) is 8.03. The number of aromatic nitrogens is 5. The number of para-hydroxylation sites is 1. The van der Waals surface area contributed by atoms with Crippen LogP contribution in [0.3, 0.4) is 0 Å². The lowest BCUT2D eigenvalue weighted by atomic mass is 10.1. The van der Waals surface area contributed by atoms with Gasteiger partial charge >= 0.3 is 6.03 Å². The fourth-order valence-electron chi connectivity index (χ4n) is 2.57. The van der Waals surface area contributed by atoms with Crippen LogP contribution in [0.25, 0.3) is 11.4 Å². The zero-order valence-electron chi connectivity index (χ0n) is 13.6. The molecule has 9 heteroatoms. The predicted octanol–water partition coefficient (Wildman–Crippen LogP) is 2.29. The van der Waals surface area contributed by atoms with Crippen LogP contribution in [0.4, 0.5) is 10.5 Å². The summed E-state index contributed by atoms with van der Waals surface area (Å²) in [5.41, 5.74) is 1.29. The molecular formula is C16H17N7O2. The van der Waals surface area contributed by atoms with E-state index >= 15 is 0 Å². The number of nitrogens with zero attached hydrogens (tertiary/aromatic N) is 5. The van der Waals surface area contributed by atoms with Crippen molar-refractivity contribution in [3.8, 4) is 11.4 Å². The Kier molecular flexibility index (Phi) is 3.88. The van der Waals surface area contributed by atoms with Gasteiger partial charge in [-0.15, -0.1) is 10.2 Å². The Balaban J connectivity index is 1.43. The molecule has 25 heavy (non-hydrogen) atoms. The molecule has 0 saturated heterocycles. The molecule has 0 spiro atoms. The van der Waals surface area contributed by atoms with Crippen LogP contribution in [-0.4, -0.2) is 30.9 Å². The monoisotopic (exact) mass is 339 g/mol. The molecular weight excluding hydrogens is 322 g/mol. The number of benzene rings is 1. The number of hydrogen-bond donors (Lipinski definition) is 2. The molecule has 128 valence electrons. The molecule has 1 fully saturated rings. The highest BCUT2D eigenvalue weighted by Gasteiger charge is 2.26. The van der Waals surface area contributed by atoms with E-state index in [1.807, 2.05) is 22.8 Å². The highest BCUT2D eigenvalue weighted by molar-refractivity contribution is 5.93. The molecule has 2 N–H and O–H groups in total. The van der Waals surface area contributed by atoms with Gasteiger partial charge < -0.3 is 19.7 Å². The molecule has 1 aromatic carbocycles. The highest BCUT2D eigenvalue weighted by Crippen LogP contribution is 2.35. The predicted molar refractivity (Wildman–Crippen MR) is 88.6 cm³/mol. The van der Waals surface area contributed by atoms with Gasteiger partial charge in [-0.25, -0.2) is 4.79 Å². The van der Waals surface area contributed by atoms with Crippen molar-refractivity contribution in [1.29, 1.82) is 0 Å². The van der Waals surface area contributed by atoms with Gasteiger partial charge in [0.2, 0.25) is 11.7 Å². The van der Waals surface area contributed by atoms with Crippen LogP contribution in [0.5, 0.6) is 0 Å². The molecule has 0 unspecified atom stereocenters. The van der Waals surface area contributed by atoms with Crippen LogP contribution in [0, 0.1) is 6.92 Å². The lowest BCUT2D eigenvalue weighted by Crippen LogP contribution is -2.29. The maximum Gasteiger partial charge on any atom is 0.319 e. The summed E-state index contributed by atoms with van der Waals surface area (Å²) < 4.78 is 7.02. The van der Waals surface area contributed by atoms with Gasteiger partial charge in [-0.2, -0.15) is 4.98 Å². The van der Waals surface area contributed by atoms with Crippen LogP contribution in [-0.2, 0) is 6.54 Å². The molecule has 1 aliphatic rings. The minimum Gasteiger partial charge on any atom is -0.339 e. The quantitative estimate of drug-likeness (QED) is 0.738. The first-order valence-corrected chi connectivity index (χ1v) is 8.03. The van der Waals surface area contributed by atoms with E-state index in [0.29, 0.717) is 35.6 Å². The number of amides is 2. The zero-order chi connectivity index (χ0) is 17.2. The molecule has 1 saturated carbocycles. The standard InChI is InChI=1S/C16H17N7O2/c1-10-19-15(22-25-10)12-4-2-3-5-13(12)20-16(24)17-8-14-21-18-9-23(14)11-6-7-11/h2-5,9,11H,6-8H2,1H3,(H2,17,20,24). The van der Waals surface area contributed by atoms with E-state index in [1.54, 1.807) is 19.3 Å². The lowest BCUT2D eigenvalue weighted by Gasteiger charge is -2.10. The molecule has 3 aromatic rings. The fraction of sp³-hybridized carbons (Fsp3) is 0.312. The molecule has 9 nitrogen and oxygen atoms in total. The fourth-order valence-corrected chi connectivity index (χ4v) is 2.57. The molecule has 0 bridgehead atoms. The van der Waals surface area contributed by atoms with Gasteiger partial charge in [0.25, 0.3) is 0 Å². The van der Waals surface area contributed by atoms with E-state index < -0.39 is 0 Å². The van der Waals surface area contributed by atoms with E-state index in [4.69, 9.17) is 4.52 Å². The van der Waals surface area contributed by atoms with Crippen molar-refractivity contribution in [2.45, 2.75) is 32.4 Å². The Hall–Kier alpha value is -3.23. The highest BCUT2D eigenvalue weighted by atomic mass is 16.5. The second kappa shape index (κ2) is 6.34. The zero-order valence-corrected chi connectivity index (χ0v) is 13.6. The van der Waals surface area contributed by atoms with E-state index in [-0.39, 0.29) is 6.03 Å². The minimum atomic E-state index is -0.335. The van der Waals surface area contributed by atoms with Crippen molar-refractivity contribution in [2.24, 2.45) is 0 Å². The van der Waals surface area contributed by atoms with Crippen molar-refractivity contribution in [3.63, 3.8) is 0 Å². The molecule has 0 aliphatic heterocycles. The van der Waals surface area contributed by atoms with Crippen molar-refractivity contribution in [1.82, 2.24) is 30.2 Å². The summed E-state index contributed by atoms with van der Waals surface area (Å²) in [6.45, 7) is 2.03. The third kappa shape index (κ3) is 3.35. The number of nitrogens with one attached hydrogen (secondary N) is 2. The number of anilines is 1. The van der Waals surface area contributed by atoms with E-state index in [2.05, 4.69) is 31.0 Å². The first-order chi connectivity index (χ1) is 12.2. The van der Waals surface area contributed by atoms with Crippen molar-refractivity contribution in [3.05, 3.63) is 42.3 Å². The number of hydrogen-bond acceptors (Lipinski definition) is 6. The van der Waals surface area contributed by atoms with Gasteiger partial charge in [-0.3, -0.25) is 0 Å². The molecule has 2 amide bonds. The minimum absolute atomic E-state index is 0.311. The van der Waals surface area contributed by atoms with Crippen molar-refractivity contribution >= 4 is 11.7 Å². The summed E-state index contributed by atoms with van der Waals surface area (Å²) >= 11 is 0. The summed E-state index contributed by atoms with van der Waals surface area (Å²) in [6, 6.07) is 7.42. The number of carbonyl (C=O) groups excluding carboxylic acids is 1. The maximum absolute atomic E-state index is 12.2. The van der Waals surface area contributed by atoms with Crippen LogP contribution in [0.1, 0.15) is 30.6 Å². The first kappa shape index (κ1) is 15.3. The van der Waals surface area contributed by atoms with Crippen molar-refractivity contribution < 1.29 is 9.32 Å². The summed E-state index contributed by atoms with van der Waals surface area (Å²) in [6.07, 6.45) is 3.98. The molecule has 0 radical (unpaired) electrons. The Labute approximate surface area is 143 Å². The van der Waals surface area contributed by atoms with Gasteiger partial charge in [-0.05, 0) is 25.0 Å². The van der Waals surface area contributed by atoms with Gasteiger partial charge in [0.15, 0.2) is 5.82 Å².